The molecular formula is C23H38Cl2O4Si2. The summed E-state index contributed by atoms with van der Waals surface area (Å²) in [4.78, 5) is 0. The molecule has 2 heterocycles. The summed E-state index contributed by atoms with van der Waals surface area (Å²) in [6.45, 7) is 18.4. The van der Waals surface area contributed by atoms with Crippen LogP contribution >= 0.6 is 23.2 Å². The summed E-state index contributed by atoms with van der Waals surface area (Å²) in [5, 5.41) is 1.26. The number of benzene rings is 1. The molecule has 3 rings (SSSR count). The van der Waals surface area contributed by atoms with Gasteiger partial charge in [0.1, 0.15) is 6.10 Å². The quantitative estimate of drug-likeness (QED) is 0.383. The Hall–Kier alpha value is 0.0738. The van der Waals surface area contributed by atoms with Gasteiger partial charge in [0, 0.05) is 16.5 Å². The molecule has 31 heavy (non-hydrogen) atoms. The van der Waals surface area contributed by atoms with Gasteiger partial charge in [-0.25, -0.2) is 0 Å². The van der Waals surface area contributed by atoms with Gasteiger partial charge in [0.05, 0.1) is 18.8 Å². The molecule has 176 valence electrons. The molecule has 4 nitrogen and oxygen atoms in total. The molecule has 0 N–H and O–H groups in total. The van der Waals surface area contributed by atoms with Crippen molar-refractivity contribution in [3.63, 3.8) is 0 Å². The fourth-order valence-electron chi connectivity index (χ4n) is 5.11. The van der Waals surface area contributed by atoms with E-state index in [-0.39, 0.29) is 18.3 Å². The topological polar surface area (TPSA) is 36.9 Å². The lowest BCUT2D eigenvalue weighted by Gasteiger charge is -2.51. The van der Waals surface area contributed by atoms with Gasteiger partial charge < -0.3 is 17.7 Å². The highest BCUT2D eigenvalue weighted by Gasteiger charge is 2.60. The summed E-state index contributed by atoms with van der Waals surface area (Å²) in [7, 11) is -5.16. The molecule has 0 amide bonds. The van der Waals surface area contributed by atoms with Crippen LogP contribution in [0.2, 0.25) is 32.2 Å². The lowest BCUT2D eigenvalue weighted by atomic mass is 10.0. The van der Waals surface area contributed by atoms with E-state index in [0.29, 0.717) is 38.8 Å². The minimum absolute atomic E-state index is 0.0699. The largest absolute Gasteiger partial charge is 0.414 e. The van der Waals surface area contributed by atoms with Gasteiger partial charge in [0.15, 0.2) is 0 Å². The van der Waals surface area contributed by atoms with E-state index in [1.54, 1.807) is 6.07 Å². The van der Waals surface area contributed by atoms with Crippen molar-refractivity contribution in [2.75, 3.05) is 6.61 Å². The highest BCUT2D eigenvalue weighted by Crippen LogP contribution is 2.49. The number of hydrogen-bond acceptors (Lipinski definition) is 4. The zero-order valence-corrected chi connectivity index (χ0v) is 23.6. The molecule has 2 aliphatic heterocycles. The van der Waals surface area contributed by atoms with Gasteiger partial charge in [0.25, 0.3) is 0 Å². The third-order valence-corrected chi connectivity index (χ3v) is 17.7. The fourth-order valence-corrected chi connectivity index (χ4v) is 16.9. The first-order valence-corrected chi connectivity index (χ1v) is 16.2. The first-order valence-electron chi connectivity index (χ1n) is 11.5. The van der Waals surface area contributed by atoms with E-state index in [1.165, 1.54) is 0 Å². The molecule has 0 bridgehead atoms. The van der Waals surface area contributed by atoms with Crippen molar-refractivity contribution in [2.24, 2.45) is 0 Å². The van der Waals surface area contributed by atoms with E-state index in [9.17, 15) is 0 Å². The number of ether oxygens (including phenoxy) is 1. The highest BCUT2D eigenvalue weighted by atomic mass is 35.5. The third kappa shape index (κ3) is 4.83. The number of halogens is 2. The molecular weight excluding hydrogens is 467 g/mol. The monoisotopic (exact) mass is 504 g/mol. The van der Waals surface area contributed by atoms with Crippen LogP contribution in [0.1, 0.15) is 73.5 Å². The van der Waals surface area contributed by atoms with Crippen LogP contribution in [-0.2, 0) is 17.7 Å². The predicted octanol–water partition coefficient (Wildman–Crippen LogP) is 7.78. The highest BCUT2D eigenvalue weighted by molar-refractivity contribution is 6.83. The number of hydrogen-bond donors (Lipinski definition) is 0. The van der Waals surface area contributed by atoms with Gasteiger partial charge in [-0.2, -0.15) is 0 Å². The van der Waals surface area contributed by atoms with Crippen LogP contribution < -0.4 is 0 Å². The van der Waals surface area contributed by atoms with Crippen molar-refractivity contribution in [1.82, 2.24) is 0 Å². The van der Waals surface area contributed by atoms with Crippen molar-refractivity contribution >= 4 is 40.3 Å². The summed E-state index contributed by atoms with van der Waals surface area (Å²) in [6, 6.07) is 5.60. The van der Waals surface area contributed by atoms with Crippen LogP contribution in [0.15, 0.2) is 18.2 Å². The van der Waals surface area contributed by atoms with Gasteiger partial charge in [-0.05, 0) is 39.9 Å². The first kappa shape index (κ1) is 25.7. The zero-order valence-electron chi connectivity index (χ0n) is 20.1. The second-order valence-electron chi connectivity index (χ2n) is 10.2. The van der Waals surface area contributed by atoms with Crippen molar-refractivity contribution in [3.05, 3.63) is 33.8 Å². The average Bonchev–Trinajstić information content (AvgIpc) is 3.02. The van der Waals surface area contributed by atoms with E-state index in [2.05, 4.69) is 55.4 Å². The second kappa shape index (κ2) is 9.75. The molecule has 0 saturated carbocycles. The Morgan fingerprint density at radius 1 is 0.839 bits per heavy atom. The van der Waals surface area contributed by atoms with E-state index in [1.807, 2.05) is 12.1 Å². The Bertz CT molecular complexity index is 756. The third-order valence-electron chi connectivity index (χ3n) is 6.86. The van der Waals surface area contributed by atoms with Crippen molar-refractivity contribution in [3.8, 4) is 0 Å². The van der Waals surface area contributed by atoms with E-state index < -0.39 is 17.1 Å². The molecule has 3 atom stereocenters. The van der Waals surface area contributed by atoms with Crippen molar-refractivity contribution in [1.29, 1.82) is 0 Å². The molecule has 1 aromatic rings. The maximum atomic E-state index is 7.24. The predicted molar refractivity (Wildman–Crippen MR) is 133 cm³/mol. The Balaban J connectivity index is 2.00. The Morgan fingerprint density at radius 3 is 1.94 bits per heavy atom. The normalized spacial score (nSPS) is 28.3. The van der Waals surface area contributed by atoms with Crippen molar-refractivity contribution < 1.29 is 17.7 Å². The van der Waals surface area contributed by atoms with E-state index >= 15 is 0 Å². The van der Waals surface area contributed by atoms with E-state index in [4.69, 9.17) is 40.9 Å². The zero-order chi connectivity index (χ0) is 23.1. The van der Waals surface area contributed by atoms with Crippen molar-refractivity contribution in [2.45, 2.75) is 102 Å². The SMILES string of the molecule is CC(C)[Si]1(C(C)C)OC[C@H]2O[C@@H](c3ccc(Cl)cc3Cl)C[C@H]2O[Si](C(C)C)(C(C)C)O1. The number of rotatable bonds is 5. The molecule has 1 aromatic carbocycles. The van der Waals surface area contributed by atoms with Gasteiger partial charge >= 0.3 is 17.1 Å². The van der Waals surface area contributed by atoms with Crippen LogP contribution in [0.25, 0.3) is 0 Å². The fraction of sp³-hybridized carbons (Fsp3) is 0.739. The van der Waals surface area contributed by atoms with Gasteiger partial charge in [-0.15, -0.1) is 0 Å². The number of fused-ring (bicyclic) bond motifs is 1. The molecule has 8 heteroatoms. The van der Waals surface area contributed by atoms with Crippen LogP contribution in [0.4, 0.5) is 0 Å². The Kier molecular flexibility index (Phi) is 8.08. The minimum atomic E-state index is -2.62. The molecule has 2 aliphatic rings. The van der Waals surface area contributed by atoms with Crippen LogP contribution in [0.3, 0.4) is 0 Å². The molecule has 2 saturated heterocycles. The van der Waals surface area contributed by atoms with Crippen LogP contribution in [0.5, 0.6) is 0 Å². The van der Waals surface area contributed by atoms with Gasteiger partial charge in [-0.3, -0.25) is 0 Å². The minimum Gasteiger partial charge on any atom is -0.414 e. The molecule has 0 aliphatic carbocycles. The van der Waals surface area contributed by atoms with Gasteiger partial charge in [-0.1, -0.05) is 84.7 Å². The Morgan fingerprint density at radius 2 is 1.42 bits per heavy atom. The van der Waals surface area contributed by atoms with Crippen LogP contribution in [0, 0.1) is 0 Å². The average molecular weight is 506 g/mol. The molecule has 0 aromatic heterocycles. The molecule has 0 radical (unpaired) electrons. The molecule has 2 fully saturated rings. The Labute approximate surface area is 200 Å². The smallest absolute Gasteiger partial charge is 0.335 e. The van der Waals surface area contributed by atoms with E-state index in [0.717, 1.165) is 12.0 Å². The molecule has 0 spiro atoms. The summed E-state index contributed by atoms with van der Waals surface area (Å²) in [6.07, 6.45) is 0.403. The maximum Gasteiger partial charge on any atom is 0.335 e. The lowest BCUT2D eigenvalue weighted by Crippen LogP contribution is -2.65. The summed E-state index contributed by atoms with van der Waals surface area (Å²) in [5.41, 5.74) is 2.20. The molecule has 0 unspecified atom stereocenters. The lowest BCUT2D eigenvalue weighted by molar-refractivity contribution is -0.0385. The summed E-state index contributed by atoms with van der Waals surface area (Å²) in [5.74, 6) is 0. The van der Waals surface area contributed by atoms with Gasteiger partial charge in [0.2, 0.25) is 0 Å². The summed E-state index contributed by atoms with van der Waals surface area (Å²) < 4.78 is 27.6. The second-order valence-corrected chi connectivity index (χ2v) is 19.9. The maximum absolute atomic E-state index is 7.24. The first-order chi connectivity index (χ1) is 14.4. The van der Waals surface area contributed by atoms with Crippen LogP contribution in [-0.4, -0.2) is 35.9 Å². The summed E-state index contributed by atoms with van der Waals surface area (Å²) >= 11 is 12.6. The standard InChI is InChI=1S/C23H38Cl2O4Si2/c1-14(2)30(15(3)4)26-13-23-22(28-31(29-30,16(5)6)17(7)8)12-21(27-23)19-10-9-18(24)11-20(19)25/h9-11,14-17,21-23H,12-13H2,1-8H3/t21-,22-,23-/m1/s1.